The predicted molar refractivity (Wildman–Crippen MR) is 78.4 cm³/mol. The predicted octanol–water partition coefficient (Wildman–Crippen LogP) is 4.39. The van der Waals surface area contributed by atoms with E-state index in [0.717, 1.165) is 11.3 Å². The topological polar surface area (TPSA) is 35.5 Å². The van der Waals surface area contributed by atoms with E-state index in [1.54, 1.807) is 24.3 Å². The summed E-state index contributed by atoms with van der Waals surface area (Å²) in [6, 6.07) is 14.9. The van der Waals surface area contributed by atoms with Gasteiger partial charge in [-0.15, -0.1) is 0 Å². The maximum Gasteiger partial charge on any atom is 0.337 e. The van der Waals surface area contributed by atoms with Gasteiger partial charge in [-0.3, -0.25) is 0 Å². The summed E-state index contributed by atoms with van der Waals surface area (Å²) in [4.78, 5) is 11.4. The van der Waals surface area contributed by atoms with Gasteiger partial charge >= 0.3 is 5.97 Å². The summed E-state index contributed by atoms with van der Waals surface area (Å²) in [5.41, 5.74) is 1.67. The minimum atomic E-state index is -0.348. The summed E-state index contributed by atoms with van der Waals surface area (Å²) < 4.78 is 10.6. The van der Waals surface area contributed by atoms with Crippen molar-refractivity contribution in [3.63, 3.8) is 0 Å². The fraction of sp³-hybridized carbons (Fsp3) is 0.235. The normalized spacial score (nSPS) is 10.4. The highest BCUT2D eigenvalue weighted by molar-refractivity contribution is 5.89. The van der Waals surface area contributed by atoms with Gasteiger partial charge in [0.15, 0.2) is 0 Å². The molecule has 0 aliphatic rings. The molecule has 0 atom stereocenters. The Kier molecular flexibility index (Phi) is 4.41. The number of benzene rings is 2. The van der Waals surface area contributed by atoms with Crippen LogP contribution in [0.1, 0.15) is 35.7 Å². The van der Waals surface area contributed by atoms with Crippen LogP contribution in [0.2, 0.25) is 0 Å². The molecule has 0 saturated carbocycles. The third-order valence-corrected chi connectivity index (χ3v) is 3.04. The minimum Gasteiger partial charge on any atom is -0.465 e. The minimum absolute atomic E-state index is 0.348. The van der Waals surface area contributed by atoms with Crippen molar-refractivity contribution >= 4 is 5.97 Å². The maximum atomic E-state index is 11.4. The van der Waals surface area contributed by atoms with Gasteiger partial charge in [0.1, 0.15) is 11.5 Å². The molecule has 3 heteroatoms. The molecule has 3 nitrogen and oxygen atoms in total. The first-order valence-corrected chi connectivity index (χ1v) is 6.57. The van der Waals surface area contributed by atoms with Crippen molar-refractivity contribution in [3.8, 4) is 11.5 Å². The van der Waals surface area contributed by atoms with Crippen molar-refractivity contribution < 1.29 is 14.3 Å². The molecule has 0 N–H and O–H groups in total. The van der Waals surface area contributed by atoms with E-state index in [2.05, 4.69) is 24.7 Å². The second-order valence-corrected chi connectivity index (χ2v) is 4.81. The Bertz CT molecular complexity index is 585. The first-order chi connectivity index (χ1) is 9.61. The molecule has 0 unspecified atom stereocenters. The van der Waals surface area contributed by atoms with Crippen LogP contribution in [0.3, 0.4) is 0 Å². The van der Waals surface area contributed by atoms with Crippen LogP contribution >= 0.6 is 0 Å². The van der Waals surface area contributed by atoms with E-state index in [1.807, 2.05) is 18.2 Å². The number of rotatable bonds is 4. The fourth-order valence-corrected chi connectivity index (χ4v) is 1.95. The lowest BCUT2D eigenvalue weighted by molar-refractivity contribution is 0.0600. The molecular weight excluding hydrogens is 252 g/mol. The number of methoxy groups -OCH3 is 1. The number of para-hydroxylation sites is 1. The molecule has 104 valence electrons. The molecule has 20 heavy (non-hydrogen) atoms. The molecule has 0 aromatic heterocycles. The van der Waals surface area contributed by atoms with Crippen LogP contribution in [-0.4, -0.2) is 13.1 Å². The zero-order valence-electron chi connectivity index (χ0n) is 11.9. The summed E-state index contributed by atoms with van der Waals surface area (Å²) >= 11 is 0. The summed E-state index contributed by atoms with van der Waals surface area (Å²) in [6.07, 6.45) is 0. The average Bonchev–Trinajstić information content (AvgIpc) is 2.47. The Hall–Kier alpha value is -2.29. The van der Waals surface area contributed by atoms with Gasteiger partial charge in [-0.1, -0.05) is 32.0 Å². The van der Waals surface area contributed by atoms with E-state index in [9.17, 15) is 4.79 Å². The smallest absolute Gasteiger partial charge is 0.337 e. The molecule has 2 rings (SSSR count). The van der Waals surface area contributed by atoms with E-state index < -0.39 is 0 Å². The summed E-state index contributed by atoms with van der Waals surface area (Å²) in [7, 11) is 1.37. The monoisotopic (exact) mass is 270 g/mol. The Balaban J connectivity index is 2.20. The van der Waals surface area contributed by atoms with Crippen LogP contribution in [-0.2, 0) is 4.74 Å². The van der Waals surface area contributed by atoms with Gasteiger partial charge in [-0.2, -0.15) is 0 Å². The quantitative estimate of drug-likeness (QED) is 0.773. The largest absolute Gasteiger partial charge is 0.465 e. The van der Waals surface area contributed by atoms with Crippen molar-refractivity contribution in [2.45, 2.75) is 19.8 Å². The SMILES string of the molecule is COC(=O)c1ccc(Oc2ccccc2C(C)C)cc1. The van der Waals surface area contributed by atoms with E-state index in [0.29, 0.717) is 17.2 Å². The van der Waals surface area contributed by atoms with Crippen molar-refractivity contribution in [3.05, 3.63) is 59.7 Å². The number of carbonyl (C=O) groups excluding carboxylic acids is 1. The number of carbonyl (C=O) groups is 1. The zero-order valence-corrected chi connectivity index (χ0v) is 11.9. The molecule has 2 aromatic carbocycles. The summed E-state index contributed by atoms with van der Waals surface area (Å²) in [5.74, 6) is 1.58. The van der Waals surface area contributed by atoms with Crippen LogP contribution < -0.4 is 4.74 Å². The second-order valence-electron chi connectivity index (χ2n) is 4.81. The van der Waals surface area contributed by atoms with Gasteiger partial charge in [-0.05, 0) is 41.8 Å². The molecular formula is C17H18O3. The summed E-state index contributed by atoms with van der Waals surface area (Å²) in [5, 5.41) is 0. The van der Waals surface area contributed by atoms with Crippen LogP contribution in [0.25, 0.3) is 0 Å². The zero-order chi connectivity index (χ0) is 14.5. The Morgan fingerprint density at radius 1 is 1.00 bits per heavy atom. The van der Waals surface area contributed by atoms with Gasteiger partial charge in [0, 0.05) is 0 Å². The molecule has 0 fully saturated rings. The number of hydrogen-bond acceptors (Lipinski definition) is 3. The average molecular weight is 270 g/mol. The highest BCUT2D eigenvalue weighted by atomic mass is 16.5. The number of hydrogen-bond donors (Lipinski definition) is 0. The lowest BCUT2D eigenvalue weighted by atomic mass is 10.0. The Morgan fingerprint density at radius 3 is 2.25 bits per heavy atom. The lowest BCUT2D eigenvalue weighted by Crippen LogP contribution is -2.00. The molecule has 0 saturated heterocycles. The van der Waals surface area contributed by atoms with Gasteiger partial charge in [0.05, 0.1) is 12.7 Å². The third kappa shape index (κ3) is 3.18. The van der Waals surface area contributed by atoms with Crippen LogP contribution in [0.5, 0.6) is 11.5 Å². The molecule has 2 aromatic rings. The Morgan fingerprint density at radius 2 is 1.65 bits per heavy atom. The van der Waals surface area contributed by atoms with Gasteiger partial charge in [0.2, 0.25) is 0 Å². The lowest BCUT2D eigenvalue weighted by Gasteiger charge is -2.13. The molecule has 0 aliphatic carbocycles. The van der Waals surface area contributed by atoms with Gasteiger partial charge in [-0.25, -0.2) is 4.79 Å². The first-order valence-electron chi connectivity index (χ1n) is 6.57. The van der Waals surface area contributed by atoms with E-state index in [1.165, 1.54) is 7.11 Å². The Labute approximate surface area is 119 Å². The number of ether oxygens (including phenoxy) is 2. The van der Waals surface area contributed by atoms with Crippen LogP contribution in [0.4, 0.5) is 0 Å². The van der Waals surface area contributed by atoms with Crippen molar-refractivity contribution in [1.82, 2.24) is 0 Å². The molecule has 0 amide bonds. The van der Waals surface area contributed by atoms with Crippen molar-refractivity contribution in [2.75, 3.05) is 7.11 Å². The highest BCUT2D eigenvalue weighted by Gasteiger charge is 2.09. The highest BCUT2D eigenvalue weighted by Crippen LogP contribution is 2.30. The van der Waals surface area contributed by atoms with E-state index in [4.69, 9.17) is 4.74 Å². The van der Waals surface area contributed by atoms with E-state index >= 15 is 0 Å². The van der Waals surface area contributed by atoms with E-state index in [-0.39, 0.29) is 5.97 Å². The molecule has 0 radical (unpaired) electrons. The van der Waals surface area contributed by atoms with Crippen LogP contribution in [0, 0.1) is 0 Å². The maximum absolute atomic E-state index is 11.4. The molecule has 0 bridgehead atoms. The van der Waals surface area contributed by atoms with Crippen LogP contribution in [0.15, 0.2) is 48.5 Å². The third-order valence-electron chi connectivity index (χ3n) is 3.04. The molecule has 0 heterocycles. The van der Waals surface area contributed by atoms with Gasteiger partial charge < -0.3 is 9.47 Å². The molecule has 0 spiro atoms. The standard InChI is InChI=1S/C17H18O3/c1-12(2)15-6-4-5-7-16(15)20-14-10-8-13(9-11-14)17(18)19-3/h4-12H,1-3H3. The number of esters is 1. The summed E-state index contributed by atoms with van der Waals surface area (Å²) in [6.45, 7) is 4.26. The van der Waals surface area contributed by atoms with Crippen molar-refractivity contribution in [2.24, 2.45) is 0 Å². The second kappa shape index (κ2) is 6.24. The fourth-order valence-electron chi connectivity index (χ4n) is 1.95. The van der Waals surface area contributed by atoms with Gasteiger partial charge in [0.25, 0.3) is 0 Å². The molecule has 0 aliphatic heterocycles. The first kappa shape index (κ1) is 14.1. The van der Waals surface area contributed by atoms with Crippen molar-refractivity contribution in [1.29, 1.82) is 0 Å².